The highest BCUT2D eigenvalue weighted by Crippen LogP contribution is 2.27. The number of piperazine rings is 1. The molecule has 36 heavy (non-hydrogen) atoms. The molecule has 0 unspecified atom stereocenters. The average Bonchev–Trinajstić information content (AvgIpc) is 2.93. The molecule has 1 aliphatic rings. The highest BCUT2D eigenvalue weighted by molar-refractivity contribution is 7.92. The van der Waals surface area contributed by atoms with Crippen LogP contribution < -0.4 is 9.04 Å². The van der Waals surface area contributed by atoms with Crippen LogP contribution in [0.4, 0.5) is 5.69 Å². The molecule has 7 nitrogen and oxygen atoms in total. The summed E-state index contributed by atoms with van der Waals surface area (Å²) >= 11 is 0. The van der Waals surface area contributed by atoms with Crippen molar-refractivity contribution >= 4 is 27.7 Å². The van der Waals surface area contributed by atoms with Crippen LogP contribution in [0.2, 0.25) is 0 Å². The van der Waals surface area contributed by atoms with Crippen molar-refractivity contribution in [3.63, 3.8) is 0 Å². The summed E-state index contributed by atoms with van der Waals surface area (Å²) in [6.45, 7) is 3.09. The molecule has 3 aromatic rings. The zero-order valence-corrected chi connectivity index (χ0v) is 21.2. The number of hydrogen-bond acceptors (Lipinski definition) is 5. The third-order valence-corrected chi connectivity index (χ3v) is 7.94. The zero-order valence-electron chi connectivity index (χ0n) is 20.4. The number of carbonyl (C=O) groups excluding carboxylic acids is 1. The topological polar surface area (TPSA) is 70.2 Å². The van der Waals surface area contributed by atoms with Crippen molar-refractivity contribution in [1.82, 2.24) is 9.80 Å². The van der Waals surface area contributed by atoms with E-state index in [-0.39, 0.29) is 17.3 Å². The number of methoxy groups -OCH3 is 1. The van der Waals surface area contributed by atoms with Gasteiger partial charge in [-0.1, -0.05) is 66.7 Å². The van der Waals surface area contributed by atoms with E-state index in [2.05, 4.69) is 29.2 Å². The third kappa shape index (κ3) is 6.33. The van der Waals surface area contributed by atoms with Crippen LogP contribution in [-0.4, -0.2) is 70.5 Å². The van der Waals surface area contributed by atoms with E-state index in [4.69, 9.17) is 4.74 Å². The van der Waals surface area contributed by atoms with Crippen molar-refractivity contribution in [2.45, 2.75) is 4.90 Å². The van der Waals surface area contributed by atoms with Gasteiger partial charge >= 0.3 is 0 Å². The average molecular weight is 506 g/mol. The summed E-state index contributed by atoms with van der Waals surface area (Å²) in [4.78, 5) is 17.4. The van der Waals surface area contributed by atoms with Gasteiger partial charge in [0, 0.05) is 38.8 Å². The van der Waals surface area contributed by atoms with Crippen molar-refractivity contribution in [2.75, 3.05) is 50.7 Å². The Morgan fingerprint density at radius 3 is 2.25 bits per heavy atom. The van der Waals surface area contributed by atoms with Crippen LogP contribution >= 0.6 is 0 Å². The van der Waals surface area contributed by atoms with Gasteiger partial charge in [0.25, 0.3) is 10.0 Å². The van der Waals surface area contributed by atoms with Gasteiger partial charge in [-0.15, -0.1) is 0 Å². The van der Waals surface area contributed by atoms with Crippen molar-refractivity contribution in [2.24, 2.45) is 0 Å². The van der Waals surface area contributed by atoms with E-state index in [0.29, 0.717) is 24.5 Å². The van der Waals surface area contributed by atoms with Crippen LogP contribution in [0.3, 0.4) is 0 Å². The molecule has 4 rings (SSSR count). The van der Waals surface area contributed by atoms with E-state index >= 15 is 0 Å². The molecule has 1 aliphatic heterocycles. The van der Waals surface area contributed by atoms with Crippen LogP contribution in [-0.2, 0) is 14.8 Å². The molecule has 0 aromatic heterocycles. The van der Waals surface area contributed by atoms with Gasteiger partial charge in [-0.2, -0.15) is 0 Å². The van der Waals surface area contributed by atoms with Gasteiger partial charge in [0.2, 0.25) is 5.91 Å². The van der Waals surface area contributed by atoms with E-state index < -0.39 is 10.0 Å². The fourth-order valence-electron chi connectivity index (χ4n) is 4.11. The first-order chi connectivity index (χ1) is 17.5. The quantitative estimate of drug-likeness (QED) is 0.443. The standard InChI is InChI=1S/C28H31N3O4S/c1-35-26-14-8-13-25(22-26)31(36(33,34)27-15-6-3-7-16-27)23-28(32)30-20-18-29(19-21-30)17-9-12-24-10-4-2-5-11-24/h2-16,22H,17-21,23H2,1H3/b12-9+. The van der Waals surface area contributed by atoms with Crippen LogP contribution in [0, 0.1) is 0 Å². The Bertz CT molecular complexity index is 1270. The predicted octanol–water partition coefficient (Wildman–Crippen LogP) is 3.75. The molecule has 1 fully saturated rings. The maximum absolute atomic E-state index is 13.5. The van der Waals surface area contributed by atoms with E-state index in [9.17, 15) is 13.2 Å². The SMILES string of the molecule is COc1cccc(N(CC(=O)N2CCN(C/C=C/c3ccccc3)CC2)S(=O)(=O)c2ccccc2)c1. The lowest BCUT2D eigenvalue weighted by Crippen LogP contribution is -2.51. The summed E-state index contributed by atoms with van der Waals surface area (Å²) in [5, 5.41) is 0. The van der Waals surface area contributed by atoms with E-state index in [0.717, 1.165) is 25.2 Å². The third-order valence-electron chi connectivity index (χ3n) is 6.15. The number of anilines is 1. The lowest BCUT2D eigenvalue weighted by Gasteiger charge is -2.35. The van der Waals surface area contributed by atoms with Gasteiger partial charge in [0.15, 0.2) is 0 Å². The van der Waals surface area contributed by atoms with Gasteiger partial charge in [0.1, 0.15) is 12.3 Å². The number of rotatable bonds is 9. The van der Waals surface area contributed by atoms with Crippen LogP contribution in [0.5, 0.6) is 5.75 Å². The van der Waals surface area contributed by atoms with Crippen LogP contribution in [0.1, 0.15) is 5.56 Å². The molecule has 1 saturated heterocycles. The van der Waals surface area contributed by atoms with Crippen molar-refractivity contribution in [3.8, 4) is 5.75 Å². The van der Waals surface area contributed by atoms with Gasteiger partial charge in [-0.3, -0.25) is 14.0 Å². The van der Waals surface area contributed by atoms with Gasteiger partial charge in [-0.05, 0) is 29.8 Å². The highest BCUT2D eigenvalue weighted by Gasteiger charge is 2.30. The predicted molar refractivity (Wildman–Crippen MR) is 142 cm³/mol. The Morgan fingerprint density at radius 1 is 0.917 bits per heavy atom. The second-order valence-corrected chi connectivity index (χ2v) is 10.4. The minimum atomic E-state index is -3.95. The van der Waals surface area contributed by atoms with Crippen molar-refractivity contribution in [3.05, 3.63) is 96.6 Å². The lowest BCUT2D eigenvalue weighted by atomic mass is 10.2. The Hall–Kier alpha value is -3.62. The Balaban J connectivity index is 1.43. The maximum Gasteiger partial charge on any atom is 0.264 e. The second kappa shape index (κ2) is 11.9. The maximum atomic E-state index is 13.5. The number of nitrogens with zero attached hydrogens (tertiary/aromatic N) is 3. The number of sulfonamides is 1. The summed E-state index contributed by atoms with van der Waals surface area (Å²) in [5.41, 5.74) is 1.54. The zero-order chi connectivity index (χ0) is 25.4. The molecule has 0 radical (unpaired) electrons. The number of benzene rings is 3. The number of hydrogen-bond donors (Lipinski definition) is 0. The molecule has 0 bridgehead atoms. The molecular formula is C28H31N3O4S. The summed E-state index contributed by atoms with van der Waals surface area (Å²) in [6.07, 6.45) is 4.22. The molecule has 0 spiro atoms. The van der Waals surface area contributed by atoms with Gasteiger partial charge in [-0.25, -0.2) is 8.42 Å². The molecule has 3 aromatic carbocycles. The normalized spacial score (nSPS) is 14.6. The van der Waals surface area contributed by atoms with Crippen LogP contribution in [0.15, 0.2) is 95.9 Å². The lowest BCUT2D eigenvalue weighted by molar-refractivity contribution is -0.131. The summed E-state index contributed by atoms with van der Waals surface area (Å²) in [6, 6.07) is 25.1. The molecule has 188 valence electrons. The summed E-state index contributed by atoms with van der Waals surface area (Å²) in [7, 11) is -2.43. The van der Waals surface area contributed by atoms with Crippen molar-refractivity contribution in [1.29, 1.82) is 0 Å². The molecule has 0 atom stereocenters. The fourth-order valence-corrected chi connectivity index (χ4v) is 5.53. The number of ether oxygens (including phenoxy) is 1. The van der Waals surface area contributed by atoms with Crippen molar-refractivity contribution < 1.29 is 17.9 Å². The molecular weight excluding hydrogens is 474 g/mol. The first kappa shape index (κ1) is 25.5. The van der Waals surface area contributed by atoms with Crippen LogP contribution in [0.25, 0.3) is 6.08 Å². The van der Waals surface area contributed by atoms with E-state index in [1.54, 1.807) is 47.4 Å². The smallest absolute Gasteiger partial charge is 0.264 e. The molecule has 1 heterocycles. The minimum absolute atomic E-state index is 0.135. The molecule has 8 heteroatoms. The second-order valence-electron chi connectivity index (χ2n) is 8.52. The number of amides is 1. The van der Waals surface area contributed by atoms with Gasteiger partial charge < -0.3 is 9.64 Å². The molecule has 0 aliphatic carbocycles. The monoisotopic (exact) mass is 505 g/mol. The summed E-state index contributed by atoms with van der Waals surface area (Å²) < 4.78 is 33.5. The largest absolute Gasteiger partial charge is 0.497 e. The first-order valence-corrected chi connectivity index (χ1v) is 13.3. The Kier molecular flexibility index (Phi) is 8.40. The Labute approximate surface area is 213 Å². The molecule has 0 N–H and O–H groups in total. The molecule has 0 saturated carbocycles. The molecule has 1 amide bonds. The van der Waals surface area contributed by atoms with E-state index in [1.807, 2.05) is 18.2 Å². The first-order valence-electron chi connectivity index (χ1n) is 11.9. The van der Waals surface area contributed by atoms with Gasteiger partial charge in [0.05, 0.1) is 17.7 Å². The highest BCUT2D eigenvalue weighted by atomic mass is 32.2. The number of carbonyl (C=O) groups is 1. The minimum Gasteiger partial charge on any atom is -0.497 e. The Morgan fingerprint density at radius 2 is 1.58 bits per heavy atom. The summed E-state index contributed by atoms with van der Waals surface area (Å²) in [5.74, 6) is 0.294. The van der Waals surface area contributed by atoms with E-state index in [1.165, 1.54) is 23.5 Å². The fraction of sp³-hybridized carbons (Fsp3) is 0.250.